The van der Waals surface area contributed by atoms with Gasteiger partial charge in [-0.05, 0) is 39.7 Å². The smallest absolute Gasteiger partial charge is 0.410 e. The first kappa shape index (κ1) is 20.5. The molecule has 0 unspecified atom stereocenters. The molecule has 1 N–H and O–H groups in total. The molecule has 0 radical (unpaired) electrons. The van der Waals surface area contributed by atoms with Crippen LogP contribution in [0.25, 0.3) is 0 Å². The first-order chi connectivity index (χ1) is 10.2. The number of rotatable bonds is 4. The van der Waals surface area contributed by atoms with Crippen LogP contribution in [0, 0.1) is 11.8 Å². The van der Waals surface area contributed by atoms with Gasteiger partial charge in [0.1, 0.15) is 5.60 Å². The number of aliphatic hydroxyl groups is 1. The molecule has 0 aromatic heterocycles. The van der Waals surface area contributed by atoms with Crippen molar-refractivity contribution in [2.45, 2.75) is 71.6 Å². The summed E-state index contributed by atoms with van der Waals surface area (Å²) in [5.41, 5.74) is -0.849. The summed E-state index contributed by atoms with van der Waals surface area (Å²) in [6, 6.07) is 0. The average Bonchev–Trinajstić information content (AvgIpc) is 2.78. The lowest BCUT2D eigenvalue weighted by Gasteiger charge is -2.37. The summed E-state index contributed by atoms with van der Waals surface area (Å²) in [4.78, 5) is 14.0. The minimum Gasteiger partial charge on any atom is -0.444 e. The Kier molecular flexibility index (Phi) is 6.32. The molecule has 0 spiro atoms. The van der Waals surface area contributed by atoms with Crippen LogP contribution in [-0.2, 0) is 9.16 Å². The molecule has 1 saturated heterocycles. The van der Waals surface area contributed by atoms with Gasteiger partial charge >= 0.3 is 6.09 Å². The van der Waals surface area contributed by atoms with Gasteiger partial charge in [-0.25, -0.2) is 4.79 Å². The molecule has 1 amide bonds. The second-order valence-electron chi connectivity index (χ2n) is 9.39. The maximum atomic E-state index is 12.3. The van der Waals surface area contributed by atoms with Gasteiger partial charge in [0.05, 0.1) is 5.60 Å². The lowest BCUT2D eigenvalue weighted by Crippen LogP contribution is -2.43. The third-order valence-corrected chi connectivity index (χ3v) is 5.85. The molecule has 6 heteroatoms. The summed E-state index contributed by atoms with van der Waals surface area (Å²) in [6.07, 6.45) is -0.303. The maximum absolute atomic E-state index is 12.3. The van der Waals surface area contributed by atoms with Crippen molar-refractivity contribution in [3.05, 3.63) is 0 Å². The monoisotopic (exact) mass is 345 g/mol. The van der Waals surface area contributed by atoms with Gasteiger partial charge in [-0.1, -0.05) is 20.8 Å². The number of aliphatic hydroxyl groups excluding tert-OH is 1. The molecule has 0 aromatic carbocycles. The number of likely N-dealkylation sites (tertiary alicyclic amines) is 1. The van der Waals surface area contributed by atoms with Gasteiger partial charge in [-0.15, -0.1) is 0 Å². The summed E-state index contributed by atoms with van der Waals surface area (Å²) < 4.78 is 11.8. The highest BCUT2D eigenvalue weighted by Gasteiger charge is 2.45. The van der Waals surface area contributed by atoms with E-state index in [1.54, 1.807) is 4.90 Å². The lowest BCUT2D eigenvalue weighted by molar-refractivity contribution is 0.0130. The Bertz CT molecular complexity index is 412. The van der Waals surface area contributed by atoms with Gasteiger partial charge in [0, 0.05) is 31.5 Å². The van der Waals surface area contributed by atoms with E-state index < -0.39 is 15.4 Å². The molecule has 1 fully saturated rings. The number of carbonyl (C=O) groups excluding carboxylic acids is 1. The van der Waals surface area contributed by atoms with Crippen LogP contribution in [0.2, 0.25) is 5.04 Å². The van der Waals surface area contributed by atoms with Crippen molar-refractivity contribution in [1.29, 1.82) is 0 Å². The van der Waals surface area contributed by atoms with Crippen molar-refractivity contribution in [3.8, 4) is 0 Å². The topological polar surface area (TPSA) is 59.0 Å². The maximum Gasteiger partial charge on any atom is 0.410 e. The standard InChI is InChI=1S/C17H35NO4Si/c1-15(2,3)21-14(20)18-9-12(11-19)13(10-18)17(7,8)22-23-16(4,5)6/h12-13,19H,9-11,23H2,1-8H3/t12-,13+/m0/s1. The number of hydrogen-bond acceptors (Lipinski definition) is 4. The number of hydrogen-bond donors (Lipinski definition) is 1. The number of nitrogens with zero attached hydrogens (tertiary/aromatic N) is 1. The zero-order valence-corrected chi connectivity index (χ0v) is 17.5. The highest BCUT2D eigenvalue weighted by molar-refractivity contribution is 6.31. The second kappa shape index (κ2) is 7.11. The molecule has 1 heterocycles. The van der Waals surface area contributed by atoms with Gasteiger partial charge in [0.15, 0.2) is 9.76 Å². The fraction of sp³-hybridized carbons (Fsp3) is 0.941. The highest BCUT2D eigenvalue weighted by atomic mass is 28.2. The van der Waals surface area contributed by atoms with E-state index in [0.717, 1.165) is 0 Å². The minimum absolute atomic E-state index is 0.0338. The van der Waals surface area contributed by atoms with Crippen molar-refractivity contribution in [3.63, 3.8) is 0 Å². The first-order valence-corrected chi connectivity index (χ1v) is 9.76. The van der Waals surface area contributed by atoms with Gasteiger partial charge in [-0.2, -0.15) is 0 Å². The third-order valence-electron chi connectivity index (χ3n) is 4.10. The molecule has 0 aromatic rings. The minimum atomic E-state index is -0.699. The molecule has 1 rings (SSSR count). The Morgan fingerprint density at radius 2 is 1.70 bits per heavy atom. The normalized spacial score (nSPS) is 23.8. The van der Waals surface area contributed by atoms with E-state index in [4.69, 9.17) is 9.16 Å². The van der Waals surface area contributed by atoms with Crippen molar-refractivity contribution < 1.29 is 19.1 Å². The fourth-order valence-corrected chi connectivity index (χ4v) is 3.85. The van der Waals surface area contributed by atoms with Crippen LogP contribution < -0.4 is 0 Å². The van der Waals surface area contributed by atoms with E-state index in [2.05, 4.69) is 34.6 Å². The predicted octanol–water partition coefficient (Wildman–Crippen LogP) is 2.56. The Morgan fingerprint density at radius 3 is 2.13 bits per heavy atom. The van der Waals surface area contributed by atoms with Crippen LogP contribution >= 0.6 is 0 Å². The summed E-state index contributed by atoms with van der Waals surface area (Å²) in [7, 11) is -0.699. The van der Waals surface area contributed by atoms with Crippen LogP contribution in [0.4, 0.5) is 4.79 Å². The van der Waals surface area contributed by atoms with Crippen molar-refractivity contribution >= 4 is 15.9 Å². The molecule has 1 aliphatic rings. The molecular weight excluding hydrogens is 310 g/mol. The molecule has 2 atom stereocenters. The largest absolute Gasteiger partial charge is 0.444 e. The number of amides is 1. The quantitative estimate of drug-likeness (QED) is 0.796. The van der Waals surface area contributed by atoms with Crippen molar-refractivity contribution in [2.75, 3.05) is 19.7 Å². The number of ether oxygens (including phenoxy) is 1. The Hall–Kier alpha value is -0.593. The Morgan fingerprint density at radius 1 is 1.13 bits per heavy atom. The molecule has 0 bridgehead atoms. The molecule has 23 heavy (non-hydrogen) atoms. The van der Waals surface area contributed by atoms with Crippen LogP contribution in [-0.4, -0.2) is 56.8 Å². The van der Waals surface area contributed by atoms with Gasteiger partial charge in [0.25, 0.3) is 0 Å². The van der Waals surface area contributed by atoms with E-state index in [0.29, 0.717) is 13.1 Å². The van der Waals surface area contributed by atoms with Gasteiger partial charge < -0.3 is 19.2 Å². The Labute approximate surface area is 143 Å². The zero-order chi connectivity index (χ0) is 18.1. The van der Waals surface area contributed by atoms with Crippen LogP contribution in [0.15, 0.2) is 0 Å². The highest BCUT2D eigenvalue weighted by Crippen LogP contribution is 2.36. The molecule has 1 aliphatic heterocycles. The average molecular weight is 346 g/mol. The molecular formula is C17H35NO4Si. The van der Waals surface area contributed by atoms with Gasteiger partial charge in [-0.3, -0.25) is 0 Å². The van der Waals surface area contributed by atoms with Crippen LogP contribution in [0.3, 0.4) is 0 Å². The first-order valence-electron chi connectivity index (χ1n) is 8.48. The van der Waals surface area contributed by atoms with Crippen LogP contribution in [0.5, 0.6) is 0 Å². The summed E-state index contributed by atoms with van der Waals surface area (Å²) >= 11 is 0. The molecule has 136 valence electrons. The van der Waals surface area contributed by atoms with Crippen molar-refractivity contribution in [1.82, 2.24) is 4.90 Å². The summed E-state index contributed by atoms with van der Waals surface area (Å²) in [5.74, 6) is 0.154. The van der Waals surface area contributed by atoms with E-state index >= 15 is 0 Å². The SMILES string of the molecule is CC(C)(C)OC(=O)N1C[C@@H](CO)[C@H](C(C)(C)O[SiH2]C(C)(C)C)C1. The third kappa shape index (κ3) is 6.43. The van der Waals surface area contributed by atoms with E-state index in [1.165, 1.54) is 0 Å². The van der Waals surface area contributed by atoms with E-state index in [-0.39, 0.29) is 35.2 Å². The Balaban J connectivity index is 2.77. The number of carbonyl (C=O) groups is 1. The lowest BCUT2D eigenvalue weighted by atomic mass is 9.83. The summed E-state index contributed by atoms with van der Waals surface area (Å²) in [5, 5.41) is 9.95. The predicted molar refractivity (Wildman–Crippen MR) is 95.3 cm³/mol. The van der Waals surface area contributed by atoms with E-state index in [1.807, 2.05) is 20.8 Å². The second-order valence-corrected chi connectivity index (χ2v) is 12.1. The van der Waals surface area contributed by atoms with Crippen LogP contribution in [0.1, 0.15) is 55.4 Å². The van der Waals surface area contributed by atoms with Gasteiger partial charge in [0.2, 0.25) is 0 Å². The molecule has 5 nitrogen and oxygen atoms in total. The zero-order valence-electron chi connectivity index (χ0n) is 16.1. The molecule has 0 saturated carbocycles. The fourth-order valence-electron chi connectivity index (χ4n) is 2.83. The molecule has 0 aliphatic carbocycles. The summed E-state index contributed by atoms with van der Waals surface area (Å²) in [6.45, 7) is 17.5. The van der Waals surface area contributed by atoms with Crippen molar-refractivity contribution in [2.24, 2.45) is 11.8 Å². The van der Waals surface area contributed by atoms with E-state index in [9.17, 15) is 9.90 Å².